The Kier molecular flexibility index (Phi) is 7.17. The second kappa shape index (κ2) is 9.94. The third-order valence-electron chi connectivity index (χ3n) is 6.98. The molecule has 0 spiro atoms. The zero-order valence-corrected chi connectivity index (χ0v) is 22.3. The average molecular weight is 473 g/mol. The first-order chi connectivity index (χ1) is 16.3. The summed E-state index contributed by atoms with van der Waals surface area (Å²) in [7, 11) is -0.351. The third kappa shape index (κ3) is 4.52. The molecule has 0 aliphatic carbocycles. The van der Waals surface area contributed by atoms with Gasteiger partial charge in [0.05, 0.1) is 12.3 Å². The second-order valence-corrected chi connectivity index (χ2v) is 12.2. The first-order valence-electron chi connectivity index (χ1n) is 12.2. The molecule has 178 valence electrons. The quantitative estimate of drug-likeness (QED) is 0.254. The largest absolute Gasteiger partial charge is 0.347 e. The Labute approximate surface area is 205 Å². The van der Waals surface area contributed by atoms with E-state index in [9.17, 15) is 0 Å². The Morgan fingerprint density at radius 1 is 0.941 bits per heavy atom. The normalized spacial score (nSPS) is 17.5. The summed E-state index contributed by atoms with van der Waals surface area (Å²) in [6.45, 7) is 11.8. The maximum Gasteiger partial charge on any atom is 0.143 e. The van der Waals surface area contributed by atoms with E-state index in [-0.39, 0.29) is 5.41 Å². The number of allylic oxidation sites excluding steroid dienone is 1. The molecule has 0 fully saturated rings. The number of nitrogens with zero attached hydrogens (tertiary/aromatic N) is 2. The van der Waals surface area contributed by atoms with Gasteiger partial charge in [-0.1, -0.05) is 87.9 Å². The highest BCUT2D eigenvalue weighted by Crippen LogP contribution is 2.59. The molecule has 0 saturated heterocycles. The van der Waals surface area contributed by atoms with Crippen LogP contribution in [0, 0.1) is 13.8 Å². The highest BCUT2D eigenvalue weighted by Gasteiger charge is 2.40. The molecular formula is C30H37N2OP. The summed E-state index contributed by atoms with van der Waals surface area (Å²) in [5.74, 6) is 2.37. The minimum atomic E-state index is -2.52. The molecule has 0 aromatic heterocycles. The summed E-state index contributed by atoms with van der Waals surface area (Å²) >= 11 is 0. The van der Waals surface area contributed by atoms with Crippen molar-refractivity contribution in [1.29, 1.82) is 0 Å². The molecule has 0 radical (unpaired) electrons. The molecule has 1 aliphatic heterocycles. The Bertz CT molecular complexity index is 1240. The first-order valence-corrected chi connectivity index (χ1v) is 14.0. The number of unbranched alkanes of at least 4 members (excludes halogenated alkanes) is 1. The van der Waals surface area contributed by atoms with Crippen molar-refractivity contribution in [2.75, 3.05) is 18.6 Å². The van der Waals surface area contributed by atoms with Crippen molar-refractivity contribution >= 4 is 24.0 Å². The fourth-order valence-electron chi connectivity index (χ4n) is 4.69. The fourth-order valence-corrected chi connectivity index (χ4v) is 7.67. The number of benzene rings is 3. The molecule has 34 heavy (non-hydrogen) atoms. The van der Waals surface area contributed by atoms with Crippen LogP contribution in [0.5, 0.6) is 0 Å². The number of aryl methyl sites for hydroxylation is 1. The first kappa shape index (κ1) is 24.5. The highest BCUT2D eigenvalue weighted by molar-refractivity contribution is 7.72. The van der Waals surface area contributed by atoms with Gasteiger partial charge in [0.15, 0.2) is 0 Å². The lowest BCUT2D eigenvalue weighted by Gasteiger charge is -2.29. The molecule has 0 saturated carbocycles. The fraction of sp³-hybridized carbons (Fsp3) is 0.333. The Hall–Kier alpha value is -2.61. The van der Waals surface area contributed by atoms with E-state index in [1.807, 2.05) is 0 Å². The summed E-state index contributed by atoms with van der Waals surface area (Å²) in [4.78, 5) is 2.33. The molecule has 1 heterocycles. The van der Waals surface area contributed by atoms with Gasteiger partial charge in [0.25, 0.3) is 0 Å². The van der Waals surface area contributed by atoms with E-state index in [0.717, 1.165) is 23.8 Å². The van der Waals surface area contributed by atoms with Crippen LogP contribution in [0.15, 0.2) is 89.1 Å². The predicted molar refractivity (Wildman–Crippen MR) is 148 cm³/mol. The summed E-state index contributed by atoms with van der Waals surface area (Å²) in [6, 6.07) is 25.7. The van der Waals surface area contributed by atoms with Gasteiger partial charge in [-0.05, 0) is 49.1 Å². The topological polar surface area (TPSA) is 24.8 Å². The number of hydrogen-bond acceptors (Lipinski definition) is 3. The standard InChI is InChI=1S/C30H37N2OP/c1-7-8-21-33-34(25-16-10-9-11-17-25,31-27-19-14-15-23(2)24(27)3)22-29-30(4,5)26-18-12-13-20-28(26)32(29)6/h9-20,22H,7-8,21H2,1-6H3/b29-22-/t34-/m1/s1. The molecule has 3 aromatic rings. The van der Waals surface area contributed by atoms with Crippen LogP contribution in [-0.4, -0.2) is 13.7 Å². The van der Waals surface area contributed by atoms with Crippen LogP contribution in [0.4, 0.5) is 11.4 Å². The van der Waals surface area contributed by atoms with Crippen LogP contribution in [-0.2, 0) is 9.94 Å². The van der Waals surface area contributed by atoms with E-state index >= 15 is 0 Å². The summed E-state index contributed by atoms with van der Waals surface area (Å²) in [5, 5.41) is 1.15. The lowest BCUT2D eigenvalue weighted by atomic mass is 9.84. The second-order valence-electron chi connectivity index (χ2n) is 9.68. The van der Waals surface area contributed by atoms with Crippen molar-refractivity contribution < 1.29 is 4.52 Å². The Morgan fingerprint density at radius 3 is 2.35 bits per heavy atom. The molecule has 3 nitrogen and oxygen atoms in total. The number of rotatable bonds is 7. The summed E-state index contributed by atoms with van der Waals surface area (Å²) in [5.41, 5.74) is 7.18. The number of fused-ring (bicyclic) bond motifs is 1. The number of hydrogen-bond donors (Lipinski definition) is 0. The number of likely N-dealkylation sites (N-methyl/N-ethyl adjacent to an activating group) is 1. The van der Waals surface area contributed by atoms with E-state index < -0.39 is 7.28 Å². The smallest absolute Gasteiger partial charge is 0.143 e. The molecule has 0 amide bonds. The van der Waals surface area contributed by atoms with Gasteiger partial charge < -0.3 is 9.42 Å². The lowest BCUT2D eigenvalue weighted by Crippen LogP contribution is -2.23. The molecule has 0 bridgehead atoms. The molecule has 4 heteroatoms. The third-order valence-corrected chi connectivity index (χ3v) is 9.70. The van der Waals surface area contributed by atoms with Crippen molar-refractivity contribution in [3.05, 3.63) is 101 Å². The van der Waals surface area contributed by atoms with E-state index in [4.69, 9.17) is 9.27 Å². The van der Waals surface area contributed by atoms with Gasteiger partial charge in [0.2, 0.25) is 0 Å². The van der Waals surface area contributed by atoms with E-state index in [2.05, 4.69) is 125 Å². The van der Waals surface area contributed by atoms with Gasteiger partial charge >= 0.3 is 0 Å². The van der Waals surface area contributed by atoms with E-state index in [1.54, 1.807) is 0 Å². The van der Waals surface area contributed by atoms with Crippen molar-refractivity contribution in [3.8, 4) is 0 Å². The van der Waals surface area contributed by atoms with Crippen molar-refractivity contribution in [2.24, 2.45) is 4.74 Å². The molecule has 0 unspecified atom stereocenters. The average Bonchev–Trinajstić information content (AvgIpc) is 3.03. The lowest BCUT2D eigenvalue weighted by molar-refractivity contribution is 0.344. The Morgan fingerprint density at radius 2 is 1.65 bits per heavy atom. The van der Waals surface area contributed by atoms with Crippen molar-refractivity contribution in [2.45, 2.75) is 52.9 Å². The van der Waals surface area contributed by atoms with Crippen LogP contribution in [0.1, 0.15) is 50.3 Å². The van der Waals surface area contributed by atoms with Crippen LogP contribution in [0.3, 0.4) is 0 Å². The van der Waals surface area contributed by atoms with Crippen molar-refractivity contribution in [3.63, 3.8) is 0 Å². The molecular weight excluding hydrogens is 435 g/mol. The molecule has 3 aromatic carbocycles. The summed E-state index contributed by atoms with van der Waals surface area (Å²) < 4.78 is 12.4. The highest BCUT2D eigenvalue weighted by atomic mass is 31.2. The summed E-state index contributed by atoms with van der Waals surface area (Å²) in [6.07, 6.45) is 2.10. The molecule has 1 atom stereocenters. The maximum atomic E-state index is 6.90. The van der Waals surface area contributed by atoms with Gasteiger partial charge in [0.1, 0.15) is 7.28 Å². The van der Waals surface area contributed by atoms with Gasteiger partial charge in [-0.15, -0.1) is 0 Å². The van der Waals surface area contributed by atoms with Gasteiger partial charge in [0, 0.05) is 35.0 Å². The van der Waals surface area contributed by atoms with Crippen molar-refractivity contribution in [1.82, 2.24) is 0 Å². The van der Waals surface area contributed by atoms with Gasteiger partial charge in [-0.25, -0.2) is 4.74 Å². The minimum Gasteiger partial charge on any atom is -0.347 e. The van der Waals surface area contributed by atoms with E-state index in [0.29, 0.717) is 6.61 Å². The van der Waals surface area contributed by atoms with Crippen LogP contribution < -0.4 is 10.2 Å². The molecule has 4 rings (SSSR count). The number of anilines is 1. The molecule has 0 N–H and O–H groups in total. The monoisotopic (exact) mass is 472 g/mol. The Balaban J connectivity index is 2.01. The SMILES string of the molecule is CCCCO[P@@](/C=C1\N(C)c2ccccc2C1(C)C)(=Nc1cccc(C)c1C)c1ccccc1. The maximum absolute atomic E-state index is 6.90. The van der Waals surface area contributed by atoms with Gasteiger partial charge in [-0.3, -0.25) is 0 Å². The van der Waals surface area contributed by atoms with E-state index in [1.165, 1.54) is 28.1 Å². The van der Waals surface area contributed by atoms with Gasteiger partial charge in [-0.2, -0.15) is 0 Å². The minimum absolute atomic E-state index is 0.142. The zero-order chi connectivity index (χ0) is 24.3. The van der Waals surface area contributed by atoms with Crippen LogP contribution >= 0.6 is 7.28 Å². The van der Waals surface area contributed by atoms with Crippen LogP contribution in [0.2, 0.25) is 0 Å². The number of para-hydroxylation sites is 1. The molecule has 1 aliphatic rings. The van der Waals surface area contributed by atoms with Crippen LogP contribution in [0.25, 0.3) is 0 Å². The zero-order valence-electron chi connectivity index (χ0n) is 21.4. The predicted octanol–water partition coefficient (Wildman–Crippen LogP) is 8.46.